The van der Waals surface area contributed by atoms with Crippen LogP contribution in [-0.4, -0.2) is 44.6 Å². The summed E-state index contributed by atoms with van der Waals surface area (Å²) in [5, 5.41) is 47.6. The van der Waals surface area contributed by atoms with Crippen molar-refractivity contribution in [2.75, 3.05) is 13.1 Å². The lowest BCUT2D eigenvalue weighted by molar-refractivity contribution is 0.0704. The third kappa shape index (κ3) is 13.3. The average Bonchev–Trinajstić information content (AvgIpc) is 3.18. The predicted octanol–water partition coefficient (Wildman–Crippen LogP) is 9.49. The zero-order valence-corrected chi connectivity index (χ0v) is 36.1. The smallest absolute Gasteiger partial charge is 0.142 e. The van der Waals surface area contributed by atoms with Gasteiger partial charge in [-0.3, -0.25) is 4.98 Å². The van der Waals surface area contributed by atoms with Crippen molar-refractivity contribution in [3.63, 3.8) is 0 Å². The second-order valence-corrected chi connectivity index (χ2v) is 16.8. The van der Waals surface area contributed by atoms with E-state index in [0.29, 0.717) is 77.4 Å². The molecule has 5 rings (SSSR count). The molecule has 0 aliphatic rings. The van der Waals surface area contributed by atoms with E-state index >= 15 is 0 Å². The van der Waals surface area contributed by atoms with Gasteiger partial charge in [0.05, 0.1) is 26.8 Å². The number of ether oxygens (including phenoxy) is 3. The number of rotatable bonds is 20. The number of hydrogen-bond acceptors (Lipinski definition) is 10. The highest BCUT2D eigenvalue weighted by Gasteiger charge is 2.18. The summed E-state index contributed by atoms with van der Waals surface area (Å²) in [5.74, 6) is 1.50. The van der Waals surface area contributed by atoms with Gasteiger partial charge in [0, 0.05) is 54.3 Å². The number of nitrogens with one attached hydrogen (secondary N) is 2. The third-order valence-corrected chi connectivity index (χ3v) is 10.6. The maximum absolute atomic E-state index is 10.7. The van der Waals surface area contributed by atoms with Crippen molar-refractivity contribution < 1.29 is 29.5 Å². The highest BCUT2D eigenvalue weighted by molar-refractivity contribution is 6.32. The normalized spacial score (nSPS) is 11.7. The number of benzene rings is 4. The number of halogens is 2. The Bertz CT molecular complexity index is 2260. The highest BCUT2D eigenvalue weighted by Crippen LogP contribution is 2.37. The van der Waals surface area contributed by atoms with Crippen LogP contribution >= 0.6 is 23.2 Å². The summed E-state index contributed by atoms with van der Waals surface area (Å²) in [4.78, 5) is 4.15. The lowest BCUT2D eigenvalue weighted by Crippen LogP contribution is -2.26. The van der Waals surface area contributed by atoms with Gasteiger partial charge in [-0.2, -0.15) is 5.26 Å². The minimum Gasteiger partial charge on any atom is -0.507 e. The van der Waals surface area contributed by atoms with Gasteiger partial charge in [-0.05, 0) is 119 Å². The first-order valence-corrected chi connectivity index (χ1v) is 20.4. The van der Waals surface area contributed by atoms with Gasteiger partial charge in [-0.1, -0.05) is 59.6 Å². The fourth-order valence-electron chi connectivity index (χ4n) is 6.39. The average molecular weight is 842 g/mol. The number of aromatic nitrogens is 1. The Balaban J connectivity index is 1.29. The molecule has 312 valence electrons. The van der Waals surface area contributed by atoms with Crippen LogP contribution in [0.4, 0.5) is 0 Å². The molecule has 0 saturated carbocycles. The second-order valence-electron chi connectivity index (χ2n) is 16.0. The molecule has 0 aliphatic heterocycles. The summed E-state index contributed by atoms with van der Waals surface area (Å²) in [7, 11) is 0. The van der Waals surface area contributed by atoms with Crippen LogP contribution in [0.5, 0.6) is 23.0 Å². The molecule has 0 amide bonds. The van der Waals surface area contributed by atoms with E-state index in [1.54, 1.807) is 58.2 Å². The molecule has 0 spiro atoms. The van der Waals surface area contributed by atoms with Gasteiger partial charge < -0.3 is 40.2 Å². The molecule has 1 aromatic heterocycles. The van der Waals surface area contributed by atoms with Gasteiger partial charge in [0.2, 0.25) is 0 Å². The van der Waals surface area contributed by atoms with Crippen LogP contribution in [0.1, 0.15) is 85.0 Å². The molecule has 0 fully saturated rings. The first-order valence-electron chi connectivity index (χ1n) is 19.6. The van der Waals surface area contributed by atoms with Crippen molar-refractivity contribution in [3.05, 3.63) is 134 Å². The third-order valence-electron chi connectivity index (χ3n) is 9.97. The van der Waals surface area contributed by atoms with Gasteiger partial charge in [0.15, 0.2) is 0 Å². The lowest BCUT2D eigenvalue weighted by Gasteiger charge is -2.19. The monoisotopic (exact) mass is 840 g/mol. The first kappa shape index (κ1) is 45.2. The molecule has 0 unspecified atom stereocenters. The molecule has 0 bridgehead atoms. The maximum atomic E-state index is 10.7. The van der Waals surface area contributed by atoms with E-state index in [1.807, 2.05) is 30.3 Å². The molecule has 0 radical (unpaired) electrons. The molecule has 59 heavy (non-hydrogen) atoms. The Kier molecular flexibility index (Phi) is 15.6. The van der Waals surface area contributed by atoms with Gasteiger partial charge in [-0.15, -0.1) is 0 Å². The Hall–Kier alpha value is -4.86. The topological polar surface area (TPSA) is 149 Å². The van der Waals surface area contributed by atoms with Crippen LogP contribution in [0.15, 0.2) is 79.1 Å². The van der Waals surface area contributed by atoms with E-state index in [2.05, 4.69) is 47.7 Å². The number of aliphatic hydroxyl groups is 2. The summed E-state index contributed by atoms with van der Waals surface area (Å²) in [6.07, 6.45) is 4.32. The van der Waals surface area contributed by atoms with E-state index in [0.717, 1.165) is 44.5 Å². The Morgan fingerprint density at radius 3 is 1.71 bits per heavy atom. The number of nitrogens with zero attached hydrogens (tertiary/aromatic N) is 2. The largest absolute Gasteiger partial charge is 0.507 e. The lowest BCUT2D eigenvalue weighted by atomic mass is 9.92. The van der Waals surface area contributed by atoms with Crippen LogP contribution in [0, 0.1) is 25.2 Å². The van der Waals surface area contributed by atoms with Crippen molar-refractivity contribution in [1.82, 2.24) is 15.6 Å². The zero-order valence-electron chi connectivity index (χ0n) is 34.6. The highest BCUT2D eigenvalue weighted by atomic mass is 35.5. The zero-order chi connectivity index (χ0) is 42.7. The van der Waals surface area contributed by atoms with Crippen LogP contribution < -0.4 is 24.8 Å². The quantitative estimate of drug-likeness (QED) is 0.0480. The molecule has 10 nitrogen and oxygen atoms in total. The molecule has 0 saturated heterocycles. The van der Waals surface area contributed by atoms with Crippen LogP contribution in [0.2, 0.25) is 10.0 Å². The van der Waals surface area contributed by atoms with Gasteiger partial charge in [-0.25, -0.2) is 0 Å². The van der Waals surface area contributed by atoms with E-state index in [-0.39, 0.29) is 25.6 Å². The van der Waals surface area contributed by atoms with Crippen molar-refractivity contribution in [2.24, 2.45) is 0 Å². The van der Waals surface area contributed by atoms with Gasteiger partial charge >= 0.3 is 0 Å². The van der Waals surface area contributed by atoms with Crippen molar-refractivity contribution in [1.29, 1.82) is 5.26 Å². The number of hydrogen-bond donors (Lipinski definition) is 5. The number of pyridine rings is 1. The van der Waals surface area contributed by atoms with E-state index in [4.69, 9.17) is 37.4 Å². The molecule has 0 atom stereocenters. The molecule has 1 heterocycles. The summed E-state index contributed by atoms with van der Waals surface area (Å²) >= 11 is 13.4. The van der Waals surface area contributed by atoms with Gasteiger partial charge in [0.1, 0.15) is 48.9 Å². The fourth-order valence-corrected chi connectivity index (χ4v) is 6.87. The SMILES string of the molecule is Cc1c(COc2cc(O)c(CNCCC(C)(C)O)cc2Cl)cccc1-c1cccc(COc2cc(OCc3cncc(C#N)c3)c(CNCCC(C)(C)O)cc2Cl)c1C. The predicted molar refractivity (Wildman–Crippen MR) is 233 cm³/mol. The molecule has 5 N–H and O–H groups in total. The molecule has 4 aromatic carbocycles. The minimum absolute atomic E-state index is 0.0802. The summed E-state index contributed by atoms with van der Waals surface area (Å²) < 4.78 is 18.8. The second kappa shape index (κ2) is 20.4. The molecule has 0 aliphatic carbocycles. The van der Waals surface area contributed by atoms with E-state index in [9.17, 15) is 20.6 Å². The first-order chi connectivity index (χ1) is 28.0. The summed E-state index contributed by atoms with van der Waals surface area (Å²) in [6, 6.07) is 22.9. The number of nitriles is 1. The summed E-state index contributed by atoms with van der Waals surface area (Å²) in [6.45, 7) is 13.9. The Labute approximate surface area is 357 Å². The van der Waals surface area contributed by atoms with Gasteiger partial charge in [0.25, 0.3) is 0 Å². The molecular weight excluding hydrogens is 787 g/mol. The Morgan fingerprint density at radius 1 is 0.661 bits per heavy atom. The molecular formula is C47H54Cl2N4O6. The number of phenolic OH excluding ortho intramolecular Hbond substituents is 1. The summed E-state index contributed by atoms with van der Waals surface area (Å²) in [5.41, 5.74) is 7.27. The van der Waals surface area contributed by atoms with Crippen molar-refractivity contribution in [2.45, 2.75) is 98.5 Å². The van der Waals surface area contributed by atoms with Crippen LogP contribution in [0.3, 0.4) is 0 Å². The van der Waals surface area contributed by atoms with Crippen molar-refractivity contribution in [3.8, 4) is 40.2 Å². The standard InChI is InChI=1S/C47H54Cl2N4O6/c1-30-34(28-58-44-20-42(54)36(18-40(44)48)25-51-15-13-46(3,4)55)9-7-11-38(30)39-12-8-10-35(31(39)2)29-59-45-21-43(57-27-33-17-32(22-50)23-53-24-33)37(19-41(45)49)26-52-16-14-47(5,6)56/h7-12,17-21,23-24,51-52,54-56H,13-16,25-29H2,1-6H3. The minimum atomic E-state index is -0.793. The number of phenols is 1. The Morgan fingerprint density at radius 2 is 1.17 bits per heavy atom. The molecule has 5 aromatic rings. The molecule has 12 heteroatoms. The van der Waals surface area contributed by atoms with Crippen molar-refractivity contribution >= 4 is 23.2 Å². The maximum Gasteiger partial charge on any atom is 0.142 e. The van der Waals surface area contributed by atoms with E-state index in [1.165, 1.54) is 6.20 Å². The van der Waals surface area contributed by atoms with Crippen LogP contribution in [-0.2, 0) is 32.9 Å². The van der Waals surface area contributed by atoms with Crippen LogP contribution in [0.25, 0.3) is 11.1 Å². The number of aromatic hydroxyl groups is 1. The fraction of sp³-hybridized carbons (Fsp3) is 0.362. The van der Waals surface area contributed by atoms with E-state index < -0.39 is 11.2 Å².